The zero-order valence-electron chi connectivity index (χ0n) is 16.7. The molecule has 5 nitrogen and oxygen atoms in total. The quantitative estimate of drug-likeness (QED) is 0.481. The van der Waals surface area contributed by atoms with Crippen LogP contribution in [0.4, 0.5) is 15.8 Å². The molecule has 2 aromatic carbocycles. The second-order valence-electron chi connectivity index (χ2n) is 7.09. The van der Waals surface area contributed by atoms with Crippen LogP contribution in [0.15, 0.2) is 65.7 Å². The molecule has 0 bridgehead atoms. The summed E-state index contributed by atoms with van der Waals surface area (Å²) in [7, 11) is 0. The molecule has 2 heterocycles. The summed E-state index contributed by atoms with van der Waals surface area (Å²) in [5, 5.41) is 4.74. The first-order valence-electron chi connectivity index (χ1n) is 9.51. The molecule has 1 aliphatic heterocycles. The van der Waals surface area contributed by atoms with Crippen molar-refractivity contribution >= 4 is 51.7 Å². The Labute approximate surface area is 187 Å². The number of halogens is 2. The topological polar surface area (TPSA) is 58.6 Å². The first kappa shape index (κ1) is 21.1. The summed E-state index contributed by atoms with van der Waals surface area (Å²) in [4.78, 5) is 28.2. The van der Waals surface area contributed by atoms with Crippen LogP contribution in [0.25, 0.3) is 5.57 Å². The molecule has 0 atom stereocenters. The molecule has 2 amide bonds. The minimum Gasteiger partial charge on any atom is -0.491 e. The van der Waals surface area contributed by atoms with Gasteiger partial charge in [0.25, 0.3) is 11.8 Å². The van der Waals surface area contributed by atoms with Gasteiger partial charge >= 0.3 is 0 Å². The van der Waals surface area contributed by atoms with Crippen LogP contribution >= 0.6 is 22.9 Å². The number of amides is 2. The lowest BCUT2D eigenvalue weighted by atomic mass is 10.2. The summed E-state index contributed by atoms with van der Waals surface area (Å²) >= 11 is 7.23. The lowest BCUT2D eigenvalue weighted by Crippen LogP contribution is -2.32. The van der Waals surface area contributed by atoms with Crippen molar-refractivity contribution in [3.63, 3.8) is 0 Å². The Balaban J connectivity index is 1.71. The van der Waals surface area contributed by atoms with Gasteiger partial charge in [0.15, 0.2) is 0 Å². The number of imide groups is 1. The zero-order chi connectivity index (χ0) is 22.1. The van der Waals surface area contributed by atoms with Gasteiger partial charge in [-0.15, -0.1) is 11.3 Å². The standard InChI is InChI=1S/C23H18ClFN2O3S/c1-13(2)30-16-8-5-14(6-9-16)26-21-20(19-4-3-11-31-19)22(28)27(23(21)29)15-7-10-18(25)17(24)12-15/h3-13,26H,1-2H3. The van der Waals surface area contributed by atoms with Gasteiger partial charge in [-0.1, -0.05) is 17.7 Å². The van der Waals surface area contributed by atoms with Gasteiger partial charge in [-0.25, -0.2) is 9.29 Å². The summed E-state index contributed by atoms with van der Waals surface area (Å²) < 4.78 is 19.2. The lowest BCUT2D eigenvalue weighted by molar-refractivity contribution is -0.120. The molecule has 3 aromatic rings. The van der Waals surface area contributed by atoms with Crippen LogP contribution in [0, 0.1) is 5.82 Å². The van der Waals surface area contributed by atoms with Crippen LogP contribution in [0.2, 0.25) is 5.02 Å². The molecule has 0 fully saturated rings. The number of nitrogens with zero attached hydrogens (tertiary/aromatic N) is 1. The SMILES string of the molecule is CC(C)Oc1ccc(NC2=C(c3cccs3)C(=O)N(c3ccc(F)c(Cl)c3)C2=O)cc1. The number of nitrogens with one attached hydrogen (secondary N) is 1. The minimum atomic E-state index is -0.627. The van der Waals surface area contributed by atoms with E-state index < -0.39 is 17.6 Å². The Bertz CT molecular complexity index is 1170. The Kier molecular flexibility index (Phi) is 5.80. The van der Waals surface area contributed by atoms with Crippen molar-refractivity contribution in [1.29, 1.82) is 0 Å². The molecule has 4 rings (SSSR count). The van der Waals surface area contributed by atoms with E-state index in [4.69, 9.17) is 16.3 Å². The summed E-state index contributed by atoms with van der Waals surface area (Å²) in [6.45, 7) is 3.87. The third-order valence-electron chi connectivity index (χ3n) is 4.51. The van der Waals surface area contributed by atoms with Gasteiger partial charge in [0.05, 0.1) is 22.4 Å². The second kappa shape index (κ2) is 8.53. The molecule has 1 N–H and O–H groups in total. The Morgan fingerprint density at radius 3 is 2.42 bits per heavy atom. The molecule has 0 radical (unpaired) electrons. The lowest BCUT2D eigenvalue weighted by Gasteiger charge is -2.16. The summed E-state index contributed by atoms with van der Waals surface area (Å²) in [5.74, 6) is -0.974. The monoisotopic (exact) mass is 456 g/mol. The number of carbonyl (C=O) groups excluding carboxylic acids is 2. The number of rotatable bonds is 6. The van der Waals surface area contributed by atoms with Crippen LogP contribution in [0.1, 0.15) is 18.7 Å². The predicted octanol–water partition coefficient (Wildman–Crippen LogP) is 5.72. The number of thiophene rings is 1. The highest BCUT2D eigenvalue weighted by molar-refractivity contribution is 7.11. The fourth-order valence-corrected chi connectivity index (χ4v) is 4.13. The largest absolute Gasteiger partial charge is 0.491 e. The first-order valence-corrected chi connectivity index (χ1v) is 10.8. The number of hydrogen-bond donors (Lipinski definition) is 1. The van der Waals surface area contributed by atoms with E-state index >= 15 is 0 Å². The number of benzene rings is 2. The van der Waals surface area contributed by atoms with E-state index in [0.29, 0.717) is 16.3 Å². The average molecular weight is 457 g/mol. The molecule has 0 saturated carbocycles. The van der Waals surface area contributed by atoms with E-state index in [0.717, 1.165) is 11.0 Å². The van der Waals surface area contributed by atoms with Gasteiger partial charge < -0.3 is 10.1 Å². The maximum atomic E-state index is 13.6. The number of carbonyl (C=O) groups is 2. The van der Waals surface area contributed by atoms with Crippen molar-refractivity contribution in [3.8, 4) is 5.75 Å². The van der Waals surface area contributed by atoms with Gasteiger partial charge in [-0.3, -0.25) is 9.59 Å². The van der Waals surface area contributed by atoms with Gasteiger partial charge in [0, 0.05) is 10.6 Å². The molecule has 8 heteroatoms. The van der Waals surface area contributed by atoms with E-state index in [1.165, 1.54) is 23.5 Å². The van der Waals surface area contributed by atoms with E-state index in [2.05, 4.69) is 5.32 Å². The number of ether oxygens (including phenoxy) is 1. The maximum Gasteiger partial charge on any atom is 0.282 e. The van der Waals surface area contributed by atoms with E-state index in [9.17, 15) is 14.0 Å². The van der Waals surface area contributed by atoms with Crippen molar-refractivity contribution in [2.75, 3.05) is 10.2 Å². The fraction of sp³-hybridized carbons (Fsp3) is 0.130. The van der Waals surface area contributed by atoms with Crippen LogP contribution in [-0.2, 0) is 9.59 Å². The molecule has 158 valence electrons. The minimum absolute atomic E-state index is 0.0390. The van der Waals surface area contributed by atoms with Crippen LogP contribution in [0.3, 0.4) is 0 Å². The zero-order valence-corrected chi connectivity index (χ0v) is 18.3. The molecule has 0 aliphatic carbocycles. The fourth-order valence-electron chi connectivity index (χ4n) is 3.19. The van der Waals surface area contributed by atoms with Gasteiger partial charge in [-0.05, 0) is 67.8 Å². The van der Waals surface area contributed by atoms with E-state index in [1.807, 2.05) is 19.2 Å². The molecular formula is C23H18ClFN2O3S. The van der Waals surface area contributed by atoms with Gasteiger partial charge in [0.1, 0.15) is 17.3 Å². The van der Waals surface area contributed by atoms with Crippen LogP contribution < -0.4 is 15.0 Å². The second-order valence-corrected chi connectivity index (χ2v) is 8.44. The first-order chi connectivity index (χ1) is 14.8. The smallest absolute Gasteiger partial charge is 0.282 e. The average Bonchev–Trinajstić information content (AvgIpc) is 3.32. The molecule has 1 aliphatic rings. The highest BCUT2D eigenvalue weighted by atomic mass is 35.5. The normalized spacial score (nSPS) is 14.0. The summed E-state index contributed by atoms with van der Waals surface area (Å²) in [6, 6.07) is 14.4. The third kappa shape index (κ3) is 4.19. The van der Waals surface area contributed by atoms with Crippen LogP contribution in [-0.4, -0.2) is 17.9 Å². The van der Waals surface area contributed by atoms with Crippen molar-refractivity contribution in [2.45, 2.75) is 20.0 Å². The van der Waals surface area contributed by atoms with Crippen molar-refractivity contribution < 1.29 is 18.7 Å². The van der Waals surface area contributed by atoms with Crippen molar-refractivity contribution in [3.05, 3.63) is 81.4 Å². The molecule has 1 aromatic heterocycles. The predicted molar refractivity (Wildman–Crippen MR) is 121 cm³/mol. The molecule has 31 heavy (non-hydrogen) atoms. The Hall–Kier alpha value is -3.16. The van der Waals surface area contributed by atoms with Crippen molar-refractivity contribution in [1.82, 2.24) is 0 Å². The maximum absolute atomic E-state index is 13.6. The third-order valence-corrected chi connectivity index (χ3v) is 5.69. The highest BCUT2D eigenvalue weighted by Gasteiger charge is 2.40. The number of hydrogen-bond acceptors (Lipinski definition) is 5. The molecule has 0 saturated heterocycles. The summed E-state index contributed by atoms with van der Waals surface area (Å²) in [6.07, 6.45) is 0.0390. The highest BCUT2D eigenvalue weighted by Crippen LogP contribution is 2.36. The van der Waals surface area contributed by atoms with Crippen molar-refractivity contribution in [2.24, 2.45) is 0 Å². The molecule has 0 unspecified atom stereocenters. The Morgan fingerprint density at radius 2 is 1.81 bits per heavy atom. The summed E-state index contributed by atoms with van der Waals surface area (Å²) in [5.41, 5.74) is 1.22. The van der Waals surface area contributed by atoms with Crippen LogP contribution in [0.5, 0.6) is 5.75 Å². The molecule has 0 spiro atoms. The van der Waals surface area contributed by atoms with E-state index in [1.54, 1.807) is 36.4 Å². The van der Waals surface area contributed by atoms with E-state index in [-0.39, 0.29) is 28.1 Å². The van der Waals surface area contributed by atoms with Gasteiger partial charge in [-0.2, -0.15) is 0 Å². The molecular weight excluding hydrogens is 439 g/mol. The Morgan fingerprint density at radius 1 is 1.06 bits per heavy atom. The number of anilines is 2. The van der Waals surface area contributed by atoms with Gasteiger partial charge in [0.2, 0.25) is 0 Å².